The van der Waals surface area contributed by atoms with Crippen molar-refractivity contribution in [2.45, 2.75) is 13.8 Å². The summed E-state index contributed by atoms with van der Waals surface area (Å²) in [5.41, 5.74) is 0.616. The van der Waals surface area contributed by atoms with Gasteiger partial charge in [-0.2, -0.15) is 0 Å². The second-order valence-corrected chi connectivity index (χ2v) is 6.00. The highest BCUT2D eigenvalue weighted by Crippen LogP contribution is 2.21. The number of esters is 3. The Balaban J connectivity index is 1.83. The van der Waals surface area contributed by atoms with Crippen LogP contribution in [0.15, 0.2) is 29.3 Å². The van der Waals surface area contributed by atoms with Crippen molar-refractivity contribution >= 4 is 35.9 Å². The van der Waals surface area contributed by atoms with Gasteiger partial charge in [0.2, 0.25) is 0 Å². The second-order valence-electron chi connectivity index (χ2n) is 6.00. The number of benzene rings is 1. The monoisotopic (exact) mass is 418 g/mol. The van der Waals surface area contributed by atoms with Gasteiger partial charge in [0.15, 0.2) is 5.92 Å². The first-order valence-electron chi connectivity index (χ1n) is 9.34. The average Bonchev–Trinajstić information content (AvgIpc) is 2.96. The quantitative estimate of drug-likeness (QED) is 0.178. The van der Waals surface area contributed by atoms with Crippen LogP contribution in [0.5, 0.6) is 0 Å². The Labute approximate surface area is 172 Å². The first kappa shape index (κ1) is 22.7. The fourth-order valence-corrected chi connectivity index (χ4v) is 2.65. The van der Waals surface area contributed by atoms with Crippen molar-refractivity contribution in [3.05, 3.63) is 35.4 Å². The number of aliphatic imine (C=N–C) groups is 1. The van der Waals surface area contributed by atoms with Gasteiger partial charge < -0.3 is 14.2 Å². The van der Waals surface area contributed by atoms with E-state index in [-0.39, 0.29) is 26.4 Å². The van der Waals surface area contributed by atoms with E-state index < -0.39 is 42.2 Å². The molecule has 0 fully saturated rings. The molecule has 1 aromatic carbocycles. The summed E-state index contributed by atoms with van der Waals surface area (Å²) in [6.45, 7) is 2.54. The average molecular weight is 418 g/mol. The van der Waals surface area contributed by atoms with Crippen LogP contribution in [0, 0.1) is 5.92 Å². The summed E-state index contributed by atoms with van der Waals surface area (Å²) in [6.07, 6.45) is 0.974. The molecule has 0 aliphatic carbocycles. The minimum atomic E-state index is -1.38. The summed E-state index contributed by atoms with van der Waals surface area (Å²) in [7, 11) is 0. The Morgan fingerprint density at radius 2 is 1.50 bits per heavy atom. The topological polar surface area (TPSA) is 129 Å². The third-order valence-electron chi connectivity index (χ3n) is 4.01. The van der Waals surface area contributed by atoms with Gasteiger partial charge in [-0.3, -0.25) is 33.9 Å². The van der Waals surface area contributed by atoms with Crippen LogP contribution >= 0.6 is 0 Å². The second kappa shape index (κ2) is 10.8. The maximum absolute atomic E-state index is 12.2. The van der Waals surface area contributed by atoms with Gasteiger partial charge in [-0.1, -0.05) is 12.1 Å². The van der Waals surface area contributed by atoms with Crippen molar-refractivity contribution in [2.24, 2.45) is 10.9 Å². The predicted octanol–water partition coefficient (Wildman–Crippen LogP) is 0.639. The first-order valence-corrected chi connectivity index (χ1v) is 9.34. The molecule has 0 saturated carbocycles. The molecule has 1 aliphatic heterocycles. The van der Waals surface area contributed by atoms with E-state index in [9.17, 15) is 24.0 Å². The molecule has 0 bridgehead atoms. The number of rotatable bonds is 10. The summed E-state index contributed by atoms with van der Waals surface area (Å²) in [5, 5.41) is 0. The Morgan fingerprint density at radius 3 is 2.00 bits per heavy atom. The lowest BCUT2D eigenvalue weighted by Crippen LogP contribution is -2.33. The van der Waals surface area contributed by atoms with Crippen LogP contribution in [0.2, 0.25) is 0 Å². The molecule has 1 aromatic rings. The van der Waals surface area contributed by atoms with Gasteiger partial charge in [-0.15, -0.1) is 0 Å². The van der Waals surface area contributed by atoms with E-state index in [0.717, 1.165) is 11.1 Å². The van der Waals surface area contributed by atoms with Gasteiger partial charge in [-0.05, 0) is 26.0 Å². The Kier molecular flexibility index (Phi) is 8.21. The van der Waals surface area contributed by atoms with Gasteiger partial charge in [0.1, 0.15) is 13.2 Å². The number of ether oxygens (including phenoxy) is 3. The van der Waals surface area contributed by atoms with E-state index >= 15 is 0 Å². The lowest BCUT2D eigenvalue weighted by Gasteiger charge is -2.13. The van der Waals surface area contributed by atoms with E-state index in [4.69, 9.17) is 14.2 Å². The third kappa shape index (κ3) is 5.49. The summed E-state index contributed by atoms with van der Waals surface area (Å²) in [6, 6.07) is 6.43. The maximum atomic E-state index is 12.2. The SMILES string of the molecule is CCOC(=O)C(C=NCC(=O)OCCN1C(=O)c2ccccc2C1=O)C(=O)OCC. The maximum Gasteiger partial charge on any atom is 0.327 e. The largest absolute Gasteiger partial charge is 0.465 e. The molecular weight excluding hydrogens is 396 g/mol. The van der Waals surface area contributed by atoms with Crippen molar-refractivity contribution in [1.29, 1.82) is 0 Å². The molecule has 2 amide bonds. The number of nitrogens with zero attached hydrogens (tertiary/aromatic N) is 2. The summed E-state index contributed by atoms with van der Waals surface area (Å²) in [4.78, 5) is 64.6. The highest BCUT2D eigenvalue weighted by atomic mass is 16.6. The number of amides is 2. The van der Waals surface area contributed by atoms with Crippen LogP contribution in [0.3, 0.4) is 0 Å². The van der Waals surface area contributed by atoms with E-state index in [0.29, 0.717) is 11.1 Å². The third-order valence-corrected chi connectivity index (χ3v) is 4.01. The van der Waals surface area contributed by atoms with Crippen LogP contribution in [-0.2, 0) is 28.6 Å². The zero-order chi connectivity index (χ0) is 22.1. The molecular formula is C20H22N2O8. The highest BCUT2D eigenvalue weighted by Gasteiger charge is 2.34. The molecule has 0 spiro atoms. The zero-order valence-electron chi connectivity index (χ0n) is 16.7. The molecule has 10 nitrogen and oxygen atoms in total. The van der Waals surface area contributed by atoms with Crippen LogP contribution in [0.4, 0.5) is 0 Å². The Morgan fingerprint density at radius 1 is 0.967 bits per heavy atom. The standard InChI is InChI=1S/C20H22N2O8/c1-3-28-19(26)15(20(27)29-4-2)11-21-12-16(23)30-10-9-22-17(24)13-7-5-6-8-14(13)18(22)25/h5-8,11,15H,3-4,9-10,12H2,1-2H3. The minimum absolute atomic E-state index is 0.0719. The van der Waals surface area contributed by atoms with Gasteiger partial charge in [0.25, 0.3) is 11.8 Å². The van der Waals surface area contributed by atoms with E-state index in [1.54, 1.807) is 38.1 Å². The summed E-state index contributed by atoms with van der Waals surface area (Å²) in [5.74, 6) is -4.70. The molecule has 0 radical (unpaired) electrons. The van der Waals surface area contributed by atoms with Crippen molar-refractivity contribution < 1.29 is 38.2 Å². The number of carbonyl (C=O) groups excluding carboxylic acids is 5. The Hall–Kier alpha value is -3.56. The zero-order valence-corrected chi connectivity index (χ0v) is 16.7. The van der Waals surface area contributed by atoms with Crippen LogP contribution in [0.1, 0.15) is 34.6 Å². The fraction of sp³-hybridized carbons (Fsp3) is 0.400. The highest BCUT2D eigenvalue weighted by molar-refractivity contribution is 6.21. The number of hydrogen-bond donors (Lipinski definition) is 0. The molecule has 1 aliphatic rings. The van der Waals surface area contributed by atoms with Crippen molar-refractivity contribution in [3.63, 3.8) is 0 Å². The number of fused-ring (bicyclic) bond motifs is 1. The lowest BCUT2D eigenvalue weighted by molar-refractivity contribution is -0.157. The van der Waals surface area contributed by atoms with Crippen molar-refractivity contribution in [3.8, 4) is 0 Å². The molecule has 0 unspecified atom stereocenters. The number of hydrogen-bond acceptors (Lipinski definition) is 9. The van der Waals surface area contributed by atoms with E-state index in [1.807, 2.05) is 0 Å². The molecule has 10 heteroatoms. The van der Waals surface area contributed by atoms with Gasteiger partial charge in [0.05, 0.1) is 30.9 Å². The summed E-state index contributed by atoms with van der Waals surface area (Å²) < 4.78 is 14.5. The summed E-state index contributed by atoms with van der Waals surface area (Å²) >= 11 is 0. The molecule has 2 rings (SSSR count). The van der Waals surface area contributed by atoms with Gasteiger partial charge >= 0.3 is 17.9 Å². The van der Waals surface area contributed by atoms with Gasteiger partial charge in [0, 0.05) is 6.21 Å². The van der Waals surface area contributed by atoms with Crippen LogP contribution < -0.4 is 0 Å². The molecule has 0 atom stereocenters. The van der Waals surface area contributed by atoms with Crippen LogP contribution in [-0.4, -0.2) is 73.7 Å². The molecule has 30 heavy (non-hydrogen) atoms. The molecule has 0 N–H and O–H groups in total. The molecule has 0 aromatic heterocycles. The van der Waals surface area contributed by atoms with Gasteiger partial charge in [-0.25, -0.2) is 0 Å². The van der Waals surface area contributed by atoms with Crippen molar-refractivity contribution in [2.75, 3.05) is 32.9 Å². The molecule has 160 valence electrons. The number of imide groups is 1. The fourth-order valence-electron chi connectivity index (χ4n) is 2.65. The van der Waals surface area contributed by atoms with Crippen molar-refractivity contribution in [1.82, 2.24) is 4.90 Å². The number of carbonyl (C=O) groups is 5. The van der Waals surface area contributed by atoms with E-state index in [1.165, 1.54) is 0 Å². The van der Waals surface area contributed by atoms with Crippen LogP contribution in [0.25, 0.3) is 0 Å². The first-order chi connectivity index (χ1) is 14.4. The minimum Gasteiger partial charge on any atom is -0.465 e. The predicted molar refractivity (Wildman–Crippen MR) is 103 cm³/mol. The molecule has 1 heterocycles. The van der Waals surface area contributed by atoms with E-state index in [2.05, 4.69) is 4.99 Å². The smallest absolute Gasteiger partial charge is 0.327 e. The normalized spacial score (nSPS) is 13.0. The molecule has 0 saturated heterocycles. The lowest BCUT2D eigenvalue weighted by atomic mass is 10.1. The Bertz CT molecular complexity index is 811.